The first-order chi connectivity index (χ1) is 29.6. The van der Waals surface area contributed by atoms with Crippen molar-refractivity contribution in [2.75, 3.05) is 0 Å². The Morgan fingerprint density at radius 1 is 0.550 bits per heavy atom. The van der Waals surface area contributed by atoms with E-state index >= 15 is 0 Å². The fourth-order valence-electron chi connectivity index (χ4n) is 8.33. The summed E-state index contributed by atoms with van der Waals surface area (Å²) in [6, 6.07) is 45.2. The third kappa shape index (κ3) is 9.75. The quantitative estimate of drug-likeness (QED) is 0.0940. The number of nitrogens with zero attached hydrogens (tertiary/aromatic N) is 1. The van der Waals surface area contributed by atoms with Crippen molar-refractivity contribution in [3.05, 3.63) is 199 Å². The number of rotatable bonds is 11. The number of aryl methyl sites for hydroxylation is 1. The largest absolute Gasteiger partial charge is 0.265 e. The molecule has 1 aliphatic rings. The van der Waals surface area contributed by atoms with Gasteiger partial charge >= 0.3 is 0 Å². The van der Waals surface area contributed by atoms with Gasteiger partial charge in [-0.15, -0.1) is 0 Å². The third-order valence-electron chi connectivity index (χ3n) is 11.0. The number of aromatic nitrogens is 1. The number of hydrogen-bond donors (Lipinski definition) is 0. The lowest BCUT2D eigenvalue weighted by atomic mass is 9.82. The molecule has 1 aliphatic carbocycles. The molecule has 0 fully saturated rings. The molecule has 0 N–H and O–H groups in total. The summed E-state index contributed by atoms with van der Waals surface area (Å²) in [5, 5.41) is 5.39. The number of pyridine rings is 1. The van der Waals surface area contributed by atoms with Crippen molar-refractivity contribution in [1.29, 1.82) is 0 Å². The Bertz CT molecular complexity index is 2680. The molecule has 0 bridgehead atoms. The predicted octanol–water partition coefficient (Wildman–Crippen LogP) is 17.7. The minimum Gasteiger partial charge on any atom is -0.265 e. The van der Waals surface area contributed by atoms with Crippen LogP contribution in [-0.4, -0.2) is 4.98 Å². The first-order valence-corrected chi connectivity index (χ1v) is 22.2. The number of benzene rings is 6. The van der Waals surface area contributed by atoms with E-state index in [1.54, 1.807) is 0 Å². The Morgan fingerprint density at radius 3 is 1.90 bits per heavy atom. The zero-order valence-corrected chi connectivity index (χ0v) is 36.8. The molecule has 1 heterocycles. The Hall–Kier alpha value is -6.31. The maximum atomic E-state index is 4.29. The number of allylic oxidation sites excluding steroid dienone is 9. The molecular formula is C59H61N. The van der Waals surface area contributed by atoms with Gasteiger partial charge in [0.15, 0.2) is 0 Å². The summed E-state index contributed by atoms with van der Waals surface area (Å²) in [5.74, 6) is 0. The van der Waals surface area contributed by atoms with Gasteiger partial charge in [0.05, 0.1) is 0 Å². The molecule has 0 radical (unpaired) electrons. The van der Waals surface area contributed by atoms with Crippen LogP contribution in [0, 0.1) is 0 Å². The lowest BCUT2D eigenvalue weighted by Crippen LogP contribution is -2.02. The smallest absolute Gasteiger partial charge is 0.0273 e. The van der Waals surface area contributed by atoms with Gasteiger partial charge in [-0.2, -0.15) is 0 Å². The highest BCUT2D eigenvalue weighted by Crippen LogP contribution is 2.42. The first kappa shape index (κ1) is 43.3. The molecule has 302 valence electrons. The van der Waals surface area contributed by atoms with Crippen LogP contribution in [0.15, 0.2) is 182 Å². The Balaban J connectivity index is 0.00000147. The van der Waals surface area contributed by atoms with Crippen molar-refractivity contribution >= 4 is 33.2 Å². The van der Waals surface area contributed by atoms with E-state index in [0.717, 1.165) is 37.7 Å². The predicted molar refractivity (Wildman–Crippen MR) is 266 cm³/mol. The molecule has 0 atom stereocenters. The average molecular weight is 784 g/mol. The molecule has 0 spiro atoms. The first-order valence-electron chi connectivity index (χ1n) is 22.2. The SMILES string of the molecule is C/C=C\C(=C/CC)c1cc(-c2ccncc2)cc(-c2cccc(-c3ccccc3-c3ccc4c(c3)c3c(c5ccccc54)CCC(C/C=C\C=C/CC)=C3)c2)c1.CC.CC. The van der Waals surface area contributed by atoms with Gasteiger partial charge in [0.1, 0.15) is 0 Å². The molecule has 1 heteroatoms. The van der Waals surface area contributed by atoms with Crippen LogP contribution in [0.4, 0.5) is 0 Å². The van der Waals surface area contributed by atoms with Gasteiger partial charge in [0.25, 0.3) is 0 Å². The molecule has 0 unspecified atom stereocenters. The number of hydrogen-bond acceptors (Lipinski definition) is 1. The van der Waals surface area contributed by atoms with E-state index in [2.05, 4.69) is 196 Å². The average Bonchev–Trinajstić information content (AvgIpc) is 3.32. The molecule has 8 rings (SSSR count). The second-order valence-electron chi connectivity index (χ2n) is 14.7. The van der Waals surface area contributed by atoms with Gasteiger partial charge in [0, 0.05) is 12.4 Å². The normalized spacial score (nSPS) is 12.7. The van der Waals surface area contributed by atoms with E-state index in [-0.39, 0.29) is 0 Å². The van der Waals surface area contributed by atoms with Gasteiger partial charge in [-0.05, 0) is 170 Å². The van der Waals surface area contributed by atoms with Crippen molar-refractivity contribution in [2.24, 2.45) is 0 Å². The van der Waals surface area contributed by atoms with Crippen LogP contribution in [0.3, 0.4) is 0 Å². The standard InChI is InChI=1S/C55H49N.2C2H6/c1-4-7-8-9-10-18-39-25-27-52-50-23-13-14-24-51(50)53-28-26-44(38-55(53)54(52)33-39)49-22-12-11-21-48(49)43-20-15-19-42(34-43)47-36-45(40(16-5-2)17-6-3)35-46(37-47)41-29-31-56-32-30-41;2*1-2/h5,7-17,19-24,26,28-38H,4,6,18,25,27H2,1-3H3;2*1-2H3/b8-7-,10-9-,16-5-,40-17+;;. The summed E-state index contributed by atoms with van der Waals surface area (Å²) in [5.41, 5.74) is 16.5. The topological polar surface area (TPSA) is 12.9 Å². The summed E-state index contributed by atoms with van der Waals surface area (Å²) < 4.78 is 0. The van der Waals surface area contributed by atoms with E-state index in [0.29, 0.717) is 0 Å². The van der Waals surface area contributed by atoms with E-state index in [4.69, 9.17) is 0 Å². The second kappa shape index (κ2) is 21.6. The summed E-state index contributed by atoms with van der Waals surface area (Å²) >= 11 is 0. The van der Waals surface area contributed by atoms with Crippen LogP contribution in [0.2, 0.25) is 0 Å². The fourth-order valence-corrected chi connectivity index (χ4v) is 8.33. The lowest BCUT2D eigenvalue weighted by molar-refractivity contribution is 0.908. The van der Waals surface area contributed by atoms with E-state index < -0.39 is 0 Å². The Labute approximate surface area is 360 Å². The summed E-state index contributed by atoms with van der Waals surface area (Å²) in [6.07, 6.45) is 27.0. The highest BCUT2D eigenvalue weighted by atomic mass is 14.6. The van der Waals surface area contributed by atoms with Crippen LogP contribution in [-0.2, 0) is 6.42 Å². The lowest BCUT2D eigenvalue weighted by Gasteiger charge is -2.22. The van der Waals surface area contributed by atoms with E-state index in [1.165, 1.54) is 88.3 Å². The molecule has 60 heavy (non-hydrogen) atoms. The highest BCUT2D eigenvalue weighted by Gasteiger charge is 2.19. The Morgan fingerprint density at radius 2 is 1.18 bits per heavy atom. The van der Waals surface area contributed by atoms with Crippen LogP contribution in [0.1, 0.15) is 90.8 Å². The van der Waals surface area contributed by atoms with Crippen molar-refractivity contribution in [3.63, 3.8) is 0 Å². The maximum Gasteiger partial charge on any atom is 0.0273 e. The molecular weight excluding hydrogens is 723 g/mol. The van der Waals surface area contributed by atoms with Gasteiger partial charge in [-0.25, -0.2) is 0 Å². The molecule has 7 aromatic rings. The van der Waals surface area contributed by atoms with E-state index in [1.807, 2.05) is 40.1 Å². The maximum absolute atomic E-state index is 4.29. The van der Waals surface area contributed by atoms with Gasteiger partial charge in [-0.3, -0.25) is 4.98 Å². The Kier molecular flexibility index (Phi) is 15.6. The minimum absolute atomic E-state index is 0.973. The van der Waals surface area contributed by atoms with Crippen LogP contribution in [0.25, 0.3) is 77.7 Å². The van der Waals surface area contributed by atoms with Crippen molar-refractivity contribution in [3.8, 4) is 44.5 Å². The zero-order valence-electron chi connectivity index (χ0n) is 36.8. The van der Waals surface area contributed by atoms with Crippen LogP contribution < -0.4 is 0 Å². The van der Waals surface area contributed by atoms with Crippen LogP contribution >= 0.6 is 0 Å². The summed E-state index contributed by atoms with van der Waals surface area (Å²) in [6.45, 7) is 14.5. The van der Waals surface area contributed by atoms with Crippen molar-refractivity contribution in [1.82, 2.24) is 4.98 Å². The monoisotopic (exact) mass is 783 g/mol. The molecule has 1 aromatic heterocycles. The summed E-state index contributed by atoms with van der Waals surface area (Å²) in [4.78, 5) is 4.29. The van der Waals surface area contributed by atoms with Crippen molar-refractivity contribution in [2.45, 2.75) is 80.6 Å². The molecule has 0 aliphatic heterocycles. The summed E-state index contributed by atoms with van der Waals surface area (Å²) in [7, 11) is 0. The molecule has 0 amide bonds. The fraction of sp³-hybridized carbons (Fsp3) is 0.203. The molecule has 1 nitrogen and oxygen atoms in total. The van der Waals surface area contributed by atoms with Crippen molar-refractivity contribution < 1.29 is 0 Å². The minimum atomic E-state index is 0.973. The van der Waals surface area contributed by atoms with Gasteiger partial charge < -0.3 is 0 Å². The second-order valence-corrected chi connectivity index (χ2v) is 14.7. The molecule has 0 saturated heterocycles. The third-order valence-corrected chi connectivity index (χ3v) is 11.0. The van der Waals surface area contributed by atoms with Gasteiger partial charge in [-0.1, -0.05) is 175 Å². The molecule has 0 saturated carbocycles. The molecule has 6 aromatic carbocycles. The number of fused-ring (bicyclic) bond motifs is 6. The van der Waals surface area contributed by atoms with E-state index in [9.17, 15) is 0 Å². The van der Waals surface area contributed by atoms with Crippen LogP contribution in [0.5, 0.6) is 0 Å². The highest BCUT2D eigenvalue weighted by molar-refractivity contribution is 6.14. The zero-order chi connectivity index (χ0) is 42.3. The van der Waals surface area contributed by atoms with Gasteiger partial charge in [0.2, 0.25) is 0 Å².